The van der Waals surface area contributed by atoms with Gasteiger partial charge in [0.05, 0.1) is 6.61 Å². The zero-order valence-electron chi connectivity index (χ0n) is 28.4. The summed E-state index contributed by atoms with van der Waals surface area (Å²) in [6, 6.07) is 0. The summed E-state index contributed by atoms with van der Waals surface area (Å²) in [6.07, 6.45) is 33.1. The molecular formula is C37H72O5. The summed E-state index contributed by atoms with van der Waals surface area (Å²) in [5, 5.41) is 9.50. The monoisotopic (exact) mass is 597 g/mol. The smallest absolute Gasteiger partial charge is 0.306 e. The number of carbonyl (C=O) groups excluding carboxylic acids is 2. The second-order valence-corrected chi connectivity index (χ2v) is 13.1. The molecule has 1 atom stereocenters. The van der Waals surface area contributed by atoms with Gasteiger partial charge < -0.3 is 14.6 Å². The first-order valence-electron chi connectivity index (χ1n) is 18.5. The Morgan fingerprint density at radius 3 is 1.26 bits per heavy atom. The number of hydrogen-bond acceptors (Lipinski definition) is 5. The maximum atomic E-state index is 12.1. The highest BCUT2D eigenvalue weighted by atomic mass is 16.6. The first-order valence-corrected chi connectivity index (χ1v) is 18.5. The van der Waals surface area contributed by atoms with Crippen LogP contribution in [0.4, 0.5) is 0 Å². The third-order valence-corrected chi connectivity index (χ3v) is 8.33. The highest BCUT2D eigenvalue weighted by Gasteiger charge is 2.16. The fourth-order valence-corrected chi connectivity index (χ4v) is 5.50. The van der Waals surface area contributed by atoms with Gasteiger partial charge in [0.25, 0.3) is 0 Å². The Labute approximate surface area is 261 Å². The van der Waals surface area contributed by atoms with Crippen LogP contribution in [-0.2, 0) is 19.1 Å². The normalized spacial score (nSPS) is 12.1. The van der Waals surface area contributed by atoms with Crippen molar-refractivity contribution >= 4 is 11.9 Å². The molecule has 0 rings (SSSR count). The molecule has 0 aromatic rings. The molecule has 0 aromatic heterocycles. The summed E-state index contributed by atoms with van der Waals surface area (Å²) in [5.74, 6) is 0.276. The van der Waals surface area contributed by atoms with Gasteiger partial charge in [-0.05, 0) is 18.8 Å². The van der Waals surface area contributed by atoms with E-state index < -0.39 is 6.10 Å². The quantitative estimate of drug-likeness (QED) is 0.0602. The van der Waals surface area contributed by atoms with Gasteiger partial charge in [0.1, 0.15) is 6.61 Å². The van der Waals surface area contributed by atoms with E-state index in [0.717, 1.165) is 44.4 Å². The van der Waals surface area contributed by atoms with E-state index in [1.807, 2.05) is 0 Å². The molecular weight excluding hydrogens is 524 g/mol. The molecule has 0 radical (unpaired) electrons. The van der Waals surface area contributed by atoms with Gasteiger partial charge in [0.2, 0.25) is 0 Å². The molecule has 0 spiro atoms. The van der Waals surface area contributed by atoms with Crippen LogP contribution >= 0.6 is 0 Å². The zero-order valence-corrected chi connectivity index (χ0v) is 28.4. The molecule has 0 unspecified atom stereocenters. The molecule has 1 N–H and O–H groups in total. The van der Waals surface area contributed by atoms with Gasteiger partial charge in [-0.1, -0.05) is 175 Å². The average molecular weight is 597 g/mol. The summed E-state index contributed by atoms with van der Waals surface area (Å²) in [5.41, 5.74) is 0. The fraction of sp³-hybridized carbons (Fsp3) is 0.946. The lowest BCUT2D eigenvalue weighted by Crippen LogP contribution is -2.28. The lowest BCUT2D eigenvalue weighted by Gasteiger charge is -2.15. The second-order valence-electron chi connectivity index (χ2n) is 13.1. The van der Waals surface area contributed by atoms with Crippen LogP contribution in [0.2, 0.25) is 0 Å². The molecule has 0 fully saturated rings. The van der Waals surface area contributed by atoms with Crippen LogP contribution in [0.25, 0.3) is 0 Å². The number of ether oxygens (including phenoxy) is 2. The van der Waals surface area contributed by atoms with Crippen molar-refractivity contribution in [2.75, 3.05) is 13.2 Å². The molecule has 0 aromatic carbocycles. The van der Waals surface area contributed by atoms with E-state index in [2.05, 4.69) is 20.8 Å². The Morgan fingerprint density at radius 1 is 0.524 bits per heavy atom. The average Bonchev–Trinajstić information content (AvgIpc) is 2.97. The van der Waals surface area contributed by atoms with Crippen LogP contribution in [0.1, 0.15) is 201 Å². The van der Waals surface area contributed by atoms with Crippen molar-refractivity contribution in [2.24, 2.45) is 5.92 Å². The molecule has 0 amide bonds. The van der Waals surface area contributed by atoms with Gasteiger partial charge in [0.15, 0.2) is 6.10 Å². The van der Waals surface area contributed by atoms with Crippen molar-refractivity contribution in [3.63, 3.8) is 0 Å². The van der Waals surface area contributed by atoms with Crippen LogP contribution in [0.5, 0.6) is 0 Å². The Hall–Kier alpha value is -1.10. The SMILES string of the molecule is CCCCCCCCCCCC(=O)OC[C@H](CO)OC(=O)CCCCCCCCCCCCCCCCCCC(C)C. The predicted octanol–water partition coefficient (Wildman–Crippen LogP) is 11.0. The number of unbranched alkanes of at least 4 members (excludes halogenated alkanes) is 23. The Bertz CT molecular complexity index is 577. The zero-order chi connectivity index (χ0) is 30.9. The first kappa shape index (κ1) is 40.9. The Balaban J connectivity index is 3.48. The van der Waals surface area contributed by atoms with Crippen LogP contribution in [0, 0.1) is 5.92 Å². The van der Waals surface area contributed by atoms with E-state index in [1.54, 1.807) is 0 Å². The molecule has 250 valence electrons. The lowest BCUT2D eigenvalue weighted by molar-refractivity contribution is -0.161. The van der Waals surface area contributed by atoms with Crippen LogP contribution in [-0.4, -0.2) is 36.4 Å². The van der Waals surface area contributed by atoms with Gasteiger partial charge in [-0.25, -0.2) is 0 Å². The molecule has 0 aliphatic heterocycles. The number of carbonyl (C=O) groups is 2. The van der Waals surface area contributed by atoms with Gasteiger partial charge >= 0.3 is 11.9 Å². The second kappa shape index (κ2) is 32.8. The summed E-state index contributed by atoms with van der Waals surface area (Å²) in [6.45, 7) is 6.49. The van der Waals surface area contributed by atoms with Gasteiger partial charge in [-0.2, -0.15) is 0 Å². The van der Waals surface area contributed by atoms with Crippen molar-refractivity contribution in [1.29, 1.82) is 0 Å². The summed E-state index contributed by atoms with van der Waals surface area (Å²) < 4.78 is 10.6. The maximum absolute atomic E-state index is 12.1. The molecule has 0 heterocycles. The molecule has 0 bridgehead atoms. The first-order chi connectivity index (χ1) is 20.5. The van der Waals surface area contributed by atoms with Gasteiger partial charge in [-0.3, -0.25) is 9.59 Å². The minimum Gasteiger partial charge on any atom is -0.462 e. The van der Waals surface area contributed by atoms with Crippen molar-refractivity contribution in [3.8, 4) is 0 Å². The highest BCUT2D eigenvalue weighted by Crippen LogP contribution is 2.16. The molecule has 42 heavy (non-hydrogen) atoms. The van der Waals surface area contributed by atoms with Crippen LogP contribution < -0.4 is 0 Å². The molecule has 0 aliphatic carbocycles. The van der Waals surface area contributed by atoms with Crippen molar-refractivity contribution in [3.05, 3.63) is 0 Å². The van der Waals surface area contributed by atoms with Crippen LogP contribution in [0.3, 0.4) is 0 Å². The number of aliphatic hydroxyl groups excluding tert-OH is 1. The topological polar surface area (TPSA) is 72.8 Å². The van der Waals surface area contributed by atoms with E-state index in [9.17, 15) is 14.7 Å². The van der Waals surface area contributed by atoms with E-state index in [1.165, 1.54) is 128 Å². The van der Waals surface area contributed by atoms with Crippen LogP contribution in [0.15, 0.2) is 0 Å². The highest BCUT2D eigenvalue weighted by molar-refractivity contribution is 5.70. The summed E-state index contributed by atoms with van der Waals surface area (Å²) in [7, 11) is 0. The van der Waals surface area contributed by atoms with E-state index in [-0.39, 0.29) is 25.2 Å². The Kier molecular flexibility index (Phi) is 31.9. The number of hydrogen-bond donors (Lipinski definition) is 1. The minimum atomic E-state index is -0.760. The summed E-state index contributed by atoms with van der Waals surface area (Å²) >= 11 is 0. The summed E-state index contributed by atoms with van der Waals surface area (Å²) in [4.78, 5) is 24.1. The standard InChI is InChI=1S/C37H72O5/c1-4-5-6-7-8-17-21-24-27-30-36(39)41-33-35(32-38)42-37(40)31-28-25-22-19-16-14-12-10-9-11-13-15-18-20-23-26-29-34(2)3/h34-35,38H,4-33H2,1-3H3/t35-/m0/s1. The number of esters is 2. The third kappa shape index (κ3) is 31.8. The molecule has 5 nitrogen and oxygen atoms in total. The molecule has 0 saturated heterocycles. The number of rotatable bonds is 33. The number of aliphatic hydroxyl groups is 1. The third-order valence-electron chi connectivity index (χ3n) is 8.33. The van der Waals surface area contributed by atoms with E-state index >= 15 is 0 Å². The molecule has 0 aliphatic rings. The van der Waals surface area contributed by atoms with E-state index in [4.69, 9.17) is 9.47 Å². The predicted molar refractivity (Wildman–Crippen MR) is 178 cm³/mol. The van der Waals surface area contributed by atoms with Crippen molar-refractivity contribution < 1.29 is 24.2 Å². The maximum Gasteiger partial charge on any atom is 0.306 e. The largest absolute Gasteiger partial charge is 0.462 e. The van der Waals surface area contributed by atoms with Gasteiger partial charge in [-0.15, -0.1) is 0 Å². The van der Waals surface area contributed by atoms with Crippen molar-refractivity contribution in [1.82, 2.24) is 0 Å². The molecule has 5 heteroatoms. The Morgan fingerprint density at radius 2 is 0.881 bits per heavy atom. The minimum absolute atomic E-state index is 0.0585. The van der Waals surface area contributed by atoms with E-state index in [0.29, 0.717) is 12.8 Å². The van der Waals surface area contributed by atoms with Crippen molar-refractivity contribution in [2.45, 2.75) is 207 Å². The molecule has 0 saturated carbocycles. The fourth-order valence-electron chi connectivity index (χ4n) is 5.50. The van der Waals surface area contributed by atoms with Gasteiger partial charge in [0, 0.05) is 12.8 Å². The lowest BCUT2D eigenvalue weighted by atomic mass is 10.0.